The number of thiazole rings is 1. The summed E-state index contributed by atoms with van der Waals surface area (Å²) in [6.07, 6.45) is 5.28. The SMILES string of the molecule is Cc1c(-c2ccc(N3CCc4cccc(C(=O)Nc5nc6ccccc6s5)c4C3)nc2C(=O)O)cnn1CC12CC3(C)CC(C)(C1)CC(OCCN(CC[C@@H](O)[C@H](O)[C@H](O)CO)C(=O)OCc1ccc(NC(=O)[C@@H](CCCN)N(C(N)=O)C(=O)[C@H](NC(=O)CCCCCN4C(=O)C=CC4=O)C(C)C)cc1)(C3)C2. The lowest BCUT2D eigenvalue weighted by Crippen LogP contribution is -2.64. The molecule has 6 aliphatic rings. The van der Waals surface area contributed by atoms with Crippen LogP contribution >= 0.6 is 11.3 Å². The molecule has 107 heavy (non-hydrogen) atoms. The number of hydrogen-bond donors (Lipinski definition) is 10. The molecule has 2 aliphatic heterocycles. The molecule has 4 saturated carbocycles. The van der Waals surface area contributed by atoms with Crippen LogP contribution in [-0.2, 0) is 59.6 Å². The van der Waals surface area contributed by atoms with E-state index in [-0.39, 0.29) is 98.6 Å². The zero-order valence-electron chi connectivity index (χ0n) is 61.0. The number of fused-ring (bicyclic) bond motifs is 2. The molecule has 2 unspecified atom stereocenters. The lowest BCUT2D eigenvalue weighted by molar-refractivity contribution is -0.248. The van der Waals surface area contributed by atoms with Crippen molar-refractivity contribution < 1.29 is 78.2 Å². The Balaban J connectivity index is 0.723. The molecule has 5 heterocycles. The number of carboxylic acids is 1. The van der Waals surface area contributed by atoms with Gasteiger partial charge in [-0.05, 0) is 172 Å². The second-order valence-corrected chi connectivity index (χ2v) is 31.6. The summed E-state index contributed by atoms with van der Waals surface area (Å²) in [6, 6.07) is 19.3. The predicted octanol–water partition coefficient (Wildman–Crippen LogP) is 7.20. The molecule has 3 aromatic heterocycles. The molecule has 4 fully saturated rings. The number of hydrogen-bond acceptors (Lipinski definition) is 21. The number of nitrogens with zero attached hydrogens (tertiary/aromatic N) is 8. The number of pyridine rings is 1. The summed E-state index contributed by atoms with van der Waals surface area (Å²) in [5.74, 6) is -4.53. The smallest absolute Gasteiger partial charge is 0.410 e. The van der Waals surface area contributed by atoms with E-state index in [2.05, 4.69) is 34.8 Å². The summed E-state index contributed by atoms with van der Waals surface area (Å²) in [5.41, 5.74) is 16.1. The van der Waals surface area contributed by atoms with E-state index in [0.29, 0.717) is 89.8 Å². The standard InChI is InChI=1S/C77H97N13O16S/c1-46(2)64(84-61(94)18-7-6-10-30-88-62(95)25-26-63(88)96)69(100)90(71(79)103)56(16-12-29-78)68(99)81-50-21-19-48(20-22-50)38-105-73(104)86(32-28-57(92)66(97)58(93)37-91)33-34-106-77-42-74(4)39-75(5,43-77)41-76(40-74,44-77)45-89-47(3)53(35-80-89)51-23-24-60(83-65(51)70(101)102)87-31-27-49-13-11-14-52(54(49)36-87)67(98)85-72-82-55-15-8-9-17-59(55)107-72/h8-9,11,13-15,17,19-26,35,46,56-58,64,66,91-93,97H,6-7,10,12,16,18,27-34,36-45,78H2,1-5H3,(H2,79,103)(H,81,99)(H,84,94)(H,101,102)(H,82,85,98)/t56-,57-,58-,64-,66+,74?,75?,76?,77?/m1/s1. The van der Waals surface area contributed by atoms with Gasteiger partial charge in [0.25, 0.3) is 23.6 Å². The second-order valence-electron chi connectivity index (χ2n) is 30.5. The Hall–Kier alpha value is -9.56. The fourth-order valence-electron chi connectivity index (χ4n) is 17.5. The Labute approximate surface area is 624 Å². The third-order valence-electron chi connectivity index (χ3n) is 21.5. The van der Waals surface area contributed by atoms with Gasteiger partial charge in [0.1, 0.15) is 36.7 Å². The van der Waals surface area contributed by atoms with Crippen molar-refractivity contribution in [1.82, 2.24) is 39.8 Å². The Morgan fingerprint density at radius 2 is 1.52 bits per heavy atom. The first kappa shape index (κ1) is 78.5. The van der Waals surface area contributed by atoms with Crippen molar-refractivity contribution in [3.8, 4) is 11.1 Å². The van der Waals surface area contributed by atoms with Gasteiger partial charge in [0, 0.05) is 85.9 Å². The number of ether oxygens (including phenoxy) is 2. The second kappa shape index (κ2) is 33.3. The van der Waals surface area contributed by atoms with Crippen LogP contribution in [0.1, 0.15) is 154 Å². The molecule has 30 heteroatoms. The van der Waals surface area contributed by atoms with E-state index in [0.717, 1.165) is 64.0 Å². The van der Waals surface area contributed by atoms with Crippen molar-refractivity contribution in [2.24, 2.45) is 33.6 Å². The Morgan fingerprint density at radius 1 is 0.794 bits per heavy atom. The van der Waals surface area contributed by atoms with Crippen molar-refractivity contribution in [2.45, 2.75) is 180 Å². The number of urea groups is 1. The van der Waals surface area contributed by atoms with Crippen molar-refractivity contribution in [3.63, 3.8) is 0 Å². The molecule has 6 aromatic rings. The fourth-order valence-corrected chi connectivity index (χ4v) is 18.3. The minimum atomic E-state index is -1.72. The average Bonchev–Trinajstić information content (AvgIpc) is 0.838. The molecule has 9 amide bonds. The number of para-hydroxylation sites is 1. The number of benzene rings is 3. The highest BCUT2D eigenvalue weighted by molar-refractivity contribution is 7.22. The van der Waals surface area contributed by atoms with Crippen LogP contribution in [0.25, 0.3) is 21.3 Å². The van der Waals surface area contributed by atoms with Gasteiger partial charge in [-0.15, -0.1) is 0 Å². The van der Waals surface area contributed by atoms with Gasteiger partial charge in [-0.2, -0.15) is 5.10 Å². The molecule has 572 valence electrons. The highest BCUT2D eigenvalue weighted by atomic mass is 32.1. The molecule has 7 atom stereocenters. The van der Waals surface area contributed by atoms with E-state index in [9.17, 15) is 68.7 Å². The van der Waals surface area contributed by atoms with Crippen LogP contribution in [-0.4, -0.2) is 195 Å². The maximum atomic E-state index is 14.2. The number of rotatable bonds is 34. The third-order valence-corrected chi connectivity index (χ3v) is 22.4. The van der Waals surface area contributed by atoms with Gasteiger partial charge in [0.05, 0.1) is 41.3 Å². The van der Waals surface area contributed by atoms with Crippen molar-refractivity contribution >= 4 is 91.7 Å². The highest BCUT2D eigenvalue weighted by Gasteiger charge is 2.66. The molecule has 29 nitrogen and oxygen atoms in total. The topological polar surface area (TPSA) is 418 Å². The normalized spacial score (nSPS) is 21.4. The van der Waals surface area contributed by atoms with E-state index in [4.69, 9.17) is 31.0 Å². The third kappa shape index (κ3) is 18.2. The summed E-state index contributed by atoms with van der Waals surface area (Å²) in [7, 11) is 0. The van der Waals surface area contributed by atoms with Crippen LogP contribution in [0.4, 0.5) is 26.2 Å². The van der Waals surface area contributed by atoms with Crippen LogP contribution in [0.15, 0.2) is 97.2 Å². The van der Waals surface area contributed by atoms with E-state index in [1.807, 2.05) is 59.0 Å². The van der Waals surface area contributed by atoms with Crippen LogP contribution in [0, 0.1) is 29.1 Å². The van der Waals surface area contributed by atoms with Crippen molar-refractivity contribution in [3.05, 3.63) is 131 Å². The molecule has 12 rings (SSSR count). The first-order chi connectivity index (χ1) is 51.0. The summed E-state index contributed by atoms with van der Waals surface area (Å²) in [5, 5.41) is 65.9. The molecular formula is C77H97N13O16S. The van der Waals surface area contributed by atoms with Gasteiger partial charge in [0.15, 0.2) is 10.8 Å². The number of amides is 9. The number of carbonyl (C=O) groups excluding carboxylic acids is 8. The molecule has 0 radical (unpaired) electrons. The van der Waals surface area contributed by atoms with Crippen molar-refractivity contribution in [1.29, 1.82) is 0 Å². The monoisotopic (exact) mass is 1490 g/mol. The first-order valence-corrected chi connectivity index (χ1v) is 37.4. The maximum Gasteiger partial charge on any atom is 0.410 e. The maximum absolute atomic E-state index is 14.2. The number of nitrogens with one attached hydrogen (secondary N) is 3. The van der Waals surface area contributed by atoms with E-state index < -0.39 is 96.2 Å². The van der Waals surface area contributed by atoms with Crippen LogP contribution in [0.3, 0.4) is 0 Å². The summed E-state index contributed by atoms with van der Waals surface area (Å²) in [6.45, 7) is 10.4. The predicted molar refractivity (Wildman–Crippen MR) is 397 cm³/mol. The quantitative estimate of drug-likeness (QED) is 0.0141. The number of anilines is 3. The minimum Gasteiger partial charge on any atom is -0.476 e. The molecule has 12 N–H and O–H groups in total. The number of aliphatic hydroxyl groups excluding tert-OH is 4. The Kier molecular flexibility index (Phi) is 24.4. The summed E-state index contributed by atoms with van der Waals surface area (Å²) < 4.78 is 15.9. The number of carboxylic acid groups (broad SMARTS) is 1. The van der Waals surface area contributed by atoms with E-state index in [1.54, 1.807) is 44.3 Å². The number of nitrogens with two attached hydrogens (primary N) is 2. The summed E-state index contributed by atoms with van der Waals surface area (Å²) >= 11 is 1.40. The first-order valence-electron chi connectivity index (χ1n) is 36.6. The number of aromatic nitrogens is 4. The van der Waals surface area contributed by atoms with Gasteiger partial charge in [-0.3, -0.25) is 48.6 Å². The van der Waals surface area contributed by atoms with Crippen LogP contribution in [0.5, 0.6) is 0 Å². The summed E-state index contributed by atoms with van der Waals surface area (Å²) in [4.78, 5) is 134. The zero-order chi connectivity index (χ0) is 76.7. The largest absolute Gasteiger partial charge is 0.476 e. The van der Waals surface area contributed by atoms with Gasteiger partial charge in [0.2, 0.25) is 11.8 Å². The molecular weight excluding hydrogens is 1390 g/mol. The number of unbranched alkanes of at least 4 members (excludes halogenated alkanes) is 2. The highest BCUT2D eigenvalue weighted by Crippen LogP contribution is 2.72. The number of aliphatic hydroxyl groups is 4. The lowest BCUT2D eigenvalue weighted by Gasteiger charge is -2.69. The molecule has 3 aromatic carbocycles. The molecule has 0 saturated heterocycles. The fraction of sp³-hybridized carbons (Fsp3) is 0.506. The minimum absolute atomic E-state index is 0.000297. The van der Waals surface area contributed by atoms with Gasteiger partial charge in [-0.25, -0.2) is 24.4 Å². The Morgan fingerprint density at radius 3 is 2.21 bits per heavy atom. The Bertz CT molecular complexity index is 4280. The molecule has 0 spiro atoms. The number of imide groups is 2. The average molecular weight is 1490 g/mol. The number of primary amides is 1. The number of carbonyl (C=O) groups is 9. The van der Waals surface area contributed by atoms with Crippen LogP contribution in [0.2, 0.25) is 0 Å². The van der Waals surface area contributed by atoms with Gasteiger partial charge >= 0.3 is 18.1 Å². The van der Waals surface area contributed by atoms with Gasteiger partial charge in [-0.1, -0.05) is 81.9 Å². The zero-order valence-corrected chi connectivity index (χ0v) is 61.9. The van der Waals surface area contributed by atoms with Crippen LogP contribution < -0.4 is 32.3 Å². The van der Waals surface area contributed by atoms with E-state index >= 15 is 0 Å². The van der Waals surface area contributed by atoms with E-state index in [1.165, 1.54) is 40.5 Å². The molecule has 4 aliphatic carbocycles. The number of aromatic carboxylic acids is 1. The van der Waals surface area contributed by atoms with Gasteiger partial charge < -0.3 is 66.9 Å². The molecule has 4 bridgehead atoms. The van der Waals surface area contributed by atoms with Crippen molar-refractivity contribution in [2.75, 3.05) is 61.5 Å². The lowest BCUT2D eigenvalue weighted by atomic mass is 9.39.